The molecule has 13 heteroatoms. The predicted octanol–water partition coefficient (Wildman–Crippen LogP) is 7.60. The Hall–Kier alpha value is -2.93. The average Bonchev–Trinajstić information content (AvgIpc) is 3.55. The molecular formula is C34H41F5O7S. The molecule has 0 radical (unpaired) electrons. The number of fused-ring (bicyclic) bond motifs is 2. The van der Waals surface area contributed by atoms with Crippen molar-refractivity contribution in [1.29, 1.82) is 0 Å². The van der Waals surface area contributed by atoms with Gasteiger partial charge in [0.05, 0.1) is 18.1 Å². The number of sulfone groups is 1. The highest BCUT2D eigenvalue weighted by molar-refractivity contribution is 7.91. The van der Waals surface area contributed by atoms with Gasteiger partial charge in [-0.25, -0.2) is 8.42 Å². The number of halogens is 5. The van der Waals surface area contributed by atoms with E-state index in [0.29, 0.717) is 31.6 Å². The van der Waals surface area contributed by atoms with Gasteiger partial charge in [-0.05, 0) is 92.7 Å². The molecule has 2 aliphatic carbocycles. The predicted molar refractivity (Wildman–Crippen MR) is 163 cm³/mol. The summed E-state index contributed by atoms with van der Waals surface area (Å²) in [6, 6.07) is 14.7. The van der Waals surface area contributed by atoms with Crippen molar-refractivity contribution in [3.05, 3.63) is 59.7 Å². The summed E-state index contributed by atoms with van der Waals surface area (Å²) in [7, 11) is -3.74. The molecule has 2 saturated carbocycles. The number of phenolic OH excluding ortho intramolecular Hbond substituents is 1. The van der Waals surface area contributed by atoms with Crippen LogP contribution >= 0.6 is 0 Å². The monoisotopic (exact) mass is 688 g/mol. The summed E-state index contributed by atoms with van der Waals surface area (Å²) in [5, 5.41) is 9.92. The van der Waals surface area contributed by atoms with Crippen molar-refractivity contribution in [2.45, 2.75) is 101 Å². The van der Waals surface area contributed by atoms with Gasteiger partial charge in [0.15, 0.2) is 0 Å². The van der Waals surface area contributed by atoms with Gasteiger partial charge in [0, 0.05) is 18.8 Å². The van der Waals surface area contributed by atoms with Crippen LogP contribution in [0.2, 0.25) is 0 Å². The molecule has 7 nitrogen and oxygen atoms in total. The molecule has 1 saturated heterocycles. The fourth-order valence-electron chi connectivity index (χ4n) is 7.71. The Kier molecular flexibility index (Phi) is 9.66. The minimum absolute atomic E-state index is 0.170. The molecule has 47 heavy (non-hydrogen) atoms. The number of phenols is 1. The van der Waals surface area contributed by atoms with Gasteiger partial charge in [0.2, 0.25) is 0 Å². The lowest BCUT2D eigenvalue weighted by Gasteiger charge is -2.44. The molecule has 0 amide bonds. The number of benzene rings is 2. The second kappa shape index (κ2) is 12.8. The molecule has 0 bridgehead atoms. The lowest BCUT2D eigenvalue weighted by atomic mass is 9.58. The van der Waals surface area contributed by atoms with Crippen LogP contribution in [0.25, 0.3) is 0 Å². The number of carbonyl (C=O) groups is 1. The normalized spacial score (nSPS) is 28.7. The summed E-state index contributed by atoms with van der Waals surface area (Å²) in [5.41, 5.74) is 0.418. The molecule has 3 aliphatic rings. The molecule has 260 valence electrons. The molecule has 2 aromatic rings. The number of unbranched alkanes of at least 4 members (excludes halogenated alkanes) is 2. The number of epoxide rings is 1. The fourth-order valence-corrected chi connectivity index (χ4v) is 9.14. The highest BCUT2D eigenvalue weighted by atomic mass is 32.2. The van der Waals surface area contributed by atoms with E-state index in [4.69, 9.17) is 14.2 Å². The Bertz CT molecular complexity index is 1530. The highest BCUT2D eigenvalue weighted by Gasteiger charge is 2.78. The highest BCUT2D eigenvalue weighted by Crippen LogP contribution is 2.76. The van der Waals surface area contributed by atoms with Crippen molar-refractivity contribution in [3.8, 4) is 11.5 Å². The molecule has 2 aromatic carbocycles. The summed E-state index contributed by atoms with van der Waals surface area (Å²) in [5.74, 6) is -5.14. The summed E-state index contributed by atoms with van der Waals surface area (Å²) in [4.78, 5) is 11.9. The number of carbonyl (C=O) groups excluding carboxylic acids is 1. The van der Waals surface area contributed by atoms with Crippen molar-refractivity contribution in [2.24, 2.45) is 11.3 Å². The molecule has 5 unspecified atom stereocenters. The molecule has 5 rings (SSSR count). The van der Waals surface area contributed by atoms with E-state index < -0.39 is 51.7 Å². The third kappa shape index (κ3) is 7.11. The van der Waals surface area contributed by atoms with Gasteiger partial charge in [-0.3, -0.25) is 4.79 Å². The van der Waals surface area contributed by atoms with Gasteiger partial charge in [-0.15, -0.1) is 0 Å². The number of aromatic hydroxyl groups is 1. The molecular weight excluding hydrogens is 647 g/mol. The number of esters is 1. The first-order chi connectivity index (χ1) is 21.9. The van der Waals surface area contributed by atoms with E-state index in [9.17, 15) is 40.3 Å². The van der Waals surface area contributed by atoms with Gasteiger partial charge in [-0.1, -0.05) is 31.2 Å². The van der Waals surface area contributed by atoms with Crippen molar-refractivity contribution in [2.75, 3.05) is 18.1 Å². The van der Waals surface area contributed by atoms with Crippen LogP contribution in [0.15, 0.2) is 48.5 Å². The maximum absolute atomic E-state index is 13.0. The van der Waals surface area contributed by atoms with Crippen LogP contribution in [0.1, 0.15) is 82.8 Å². The van der Waals surface area contributed by atoms with E-state index in [2.05, 4.69) is 6.92 Å². The third-order valence-electron chi connectivity index (χ3n) is 10.3. The molecule has 0 spiro atoms. The van der Waals surface area contributed by atoms with Crippen LogP contribution < -0.4 is 4.74 Å². The van der Waals surface area contributed by atoms with E-state index in [1.807, 2.05) is 36.4 Å². The molecule has 0 aromatic heterocycles. The summed E-state index contributed by atoms with van der Waals surface area (Å²) in [6.45, 7) is 3.92. The van der Waals surface area contributed by atoms with Gasteiger partial charge in [0.25, 0.3) is 0 Å². The maximum Gasteiger partial charge on any atom is 0.453 e. The first-order valence-corrected chi connectivity index (χ1v) is 17.8. The van der Waals surface area contributed by atoms with Crippen LogP contribution in [0.4, 0.5) is 22.0 Å². The molecule has 1 heterocycles. The Morgan fingerprint density at radius 2 is 1.53 bits per heavy atom. The zero-order chi connectivity index (χ0) is 34.3. The molecule has 3 fully saturated rings. The average molecular weight is 689 g/mol. The van der Waals surface area contributed by atoms with Crippen molar-refractivity contribution in [3.63, 3.8) is 0 Å². The lowest BCUT2D eigenvalue weighted by Crippen LogP contribution is -2.45. The third-order valence-corrected chi connectivity index (χ3v) is 12.1. The maximum atomic E-state index is 13.0. The largest absolute Gasteiger partial charge is 0.508 e. The first-order valence-electron chi connectivity index (χ1n) is 16.0. The zero-order valence-corrected chi connectivity index (χ0v) is 27.3. The second-order valence-electron chi connectivity index (χ2n) is 13.5. The summed E-state index contributed by atoms with van der Waals surface area (Å²) < 4.78 is 105. The smallest absolute Gasteiger partial charge is 0.453 e. The van der Waals surface area contributed by atoms with Crippen LogP contribution in [0.3, 0.4) is 0 Å². The van der Waals surface area contributed by atoms with Gasteiger partial charge in [0.1, 0.15) is 38.6 Å². The number of rotatable bonds is 14. The minimum Gasteiger partial charge on any atom is -0.508 e. The van der Waals surface area contributed by atoms with E-state index >= 15 is 0 Å². The van der Waals surface area contributed by atoms with E-state index in [1.165, 1.54) is 6.92 Å². The van der Waals surface area contributed by atoms with Gasteiger partial charge in [-0.2, -0.15) is 22.0 Å². The second-order valence-corrected chi connectivity index (χ2v) is 15.8. The molecule has 1 N–H and O–H groups in total. The van der Waals surface area contributed by atoms with Gasteiger partial charge >= 0.3 is 18.1 Å². The number of hydrogen-bond donors (Lipinski definition) is 1. The van der Waals surface area contributed by atoms with Crippen molar-refractivity contribution >= 4 is 15.8 Å². The Morgan fingerprint density at radius 1 is 0.915 bits per heavy atom. The van der Waals surface area contributed by atoms with Crippen molar-refractivity contribution < 1.29 is 54.5 Å². The Morgan fingerprint density at radius 3 is 2.17 bits per heavy atom. The molecule has 1 aliphatic heterocycles. The van der Waals surface area contributed by atoms with Crippen LogP contribution in [-0.2, 0) is 35.3 Å². The van der Waals surface area contributed by atoms with Crippen molar-refractivity contribution in [1.82, 2.24) is 0 Å². The molecule has 5 atom stereocenters. The minimum atomic E-state index is -5.69. The fraction of sp³-hybridized carbons (Fsp3) is 0.618. The van der Waals surface area contributed by atoms with Crippen LogP contribution in [-0.4, -0.2) is 55.8 Å². The van der Waals surface area contributed by atoms with E-state index in [1.54, 1.807) is 12.1 Å². The Labute approximate surface area is 271 Å². The number of hydrogen-bond acceptors (Lipinski definition) is 7. The van der Waals surface area contributed by atoms with E-state index in [0.717, 1.165) is 30.4 Å². The standard InChI is InChI=1S/C34H41F5O7S/c1-23(40)45-29-16-11-26-21-31(24-7-12-27(41)13-8-24)32(46-31,22-30(26,29)2)25-9-14-28(15-10-25)44-18-4-3-5-19-47(42,43)20-6-17-33(35,36)34(37,38)39/h7-10,12-15,26,29,41H,3-6,11,16-22H2,1-2H3. The number of alkyl halides is 5. The topological polar surface area (TPSA) is 102 Å². The van der Waals surface area contributed by atoms with Crippen LogP contribution in [0.5, 0.6) is 11.5 Å². The van der Waals surface area contributed by atoms with Crippen LogP contribution in [0, 0.1) is 11.3 Å². The zero-order valence-electron chi connectivity index (χ0n) is 26.5. The quantitative estimate of drug-likeness (QED) is 0.0944. The van der Waals surface area contributed by atoms with E-state index in [-0.39, 0.29) is 41.3 Å². The Balaban J connectivity index is 1.16. The summed E-state index contributed by atoms with van der Waals surface area (Å²) >= 11 is 0. The lowest BCUT2D eigenvalue weighted by molar-refractivity contribution is -0.284. The summed E-state index contributed by atoms with van der Waals surface area (Å²) in [6.07, 6.45) is -3.85. The first kappa shape index (κ1) is 35.4. The van der Waals surface area contributed by atoms with Gasteiger partial charge < -0.3 is 19.3 Å². The SMILES string of the molecule is CC(=O)OC1CCC2CC3(c4ccc(O)cc4)OC3(c3ccc(OCCCCCS(=O)(=O)CCCC(F)(F)C(F)(F)F)cc3)CC21C. The number of ether oxygens (including phenoxy) is 3.